The summed E-state index contributed by atoms with van der Waals surface area (Å²) in [7, 11) is 0. The molecule has 0 aliphatic rings. The van der Waals surface area contributed by atoms with Crippen molar-refractivity contribution in [2.24, 2.45) is 0 Å². The van der Waals surface area contributed by atoms with Gasteiger partial charge >= 0.3 is 0 Å². The van der Waals surface area contributed by atoms with E-state index >= 15 is 0 Å². The molecular weight excluding hydrogens is 248 g/mol. The van der Waals surface area contributed by atoms with Crippen LogP contribution in [0.25, 0.3) is 0 Å². The zero-order chi connectivity index (χ0) is 14.9. The molecule has 0 fully saturated rings. The first kappa shape index (κ1) is 19.0. The summed E-state index contributed by atoms with van der Waals surface area (Å²) < 4.78 is 11.0. The lowest BCUT2D eigenvalue weighted by molar-refractivity contribution is -0.140. The second-order valence-corrected chi connectivity index (χ2v) is 4.58. The van der Waals surface area contributed by atoms with Gasteiger partial charge in [-0.25, -0.2) is 0 Å². The third-order valence-electron chi connectivity index (χ3n) is 2.90. The van der Waals surface area contributed by atoms with Crippen LogP contribution in [0.1, 0.15) is 58.8 Å². The van der Waals surface area contributed by atoms with E-state index in [4.69, 9.17) is 9.47 Å². The molecule has 0 aromatic rings. The molecule has 0 saturated carbocycles. The lowest BCUT2D eigenvalue weighted by Gasteiger charge is -2.16. The highest BCUT2D eigenvalue weighted by molar-refractivity contribution is 5.21. The van der Waals surface area contributed by atoms with Crippen LogP contribution in [0.4, 0.5) is 0 Å². The molecule has 0 amide bonds. The molecule has 0 unspecified atom stereocenters. The minimum atomic E-state index is -0.00336. The van der Waals surface area contributed by atoms with Gasteiger partial charge in [0.1, 0.15) is 0 Å². The Morgan fingerprint density at radius 2 is 1.60 bits per heavy atom. The van der Waals surface area contributed by atoms with Crippen LogP contribution >= 0.6 is 0 Å². The molecule has 2 nitrogen and oxygen atoms in total. The zero-order valence-corrected chi connectivity index (χ0v) is 13.2. The first-order valence-electron chi connectivity index (χ1n) is 7.85. The second-order valence-electron chi connectivity index (χ2n) is 4.58. The van der Waals surface area contributed by atoms with Crippen LogP contribution in [0, 0.1) is 11.8 Å². The molecular formula is C18H30O2. The largest absolute Gasteiger partial charge is 0.353 e. The molecule has 0 bridgehead atoms. The van der Waals surface area contributed by atoms with Crippen LogP contribution in [0.15, 0.2) is 24.8 Å². The summed E-state index contributed by atoms with van der Waals surface area (Å²) in [6.45, 7) is 9.03. The molecule has 2 heteroatoms. The maximum absolute atomic E-state index is 5.52. The first-order chi connectivity index (χ1) is 9.85. The maximum atomic E-state index is 5.52. The van der Waals surface area contributed by atoms with E-state index in [0.717, 1.165) is 26.1 Å². The maximum Gasteiger partial charge on any atom is 0.157 e. The minimum absolute atomic E-state index is 0.00336. The highest BCUT2D eigenvalue weighted by Crippen LogP contribution is 2.11. The second kappa shape index (κ2) is 16.0. The van der Waals surface area contributed by atoms with Gasteiger partial charge in [0.15, 0.2) is 6.29 Å². The van der Waals surface area contributed by atoms with Gasteiger partial charge in [-0.05, 0) is 51.7 Å². The van der Waals surface area contributed by atoms with Crippen LogP contribution in [-0.2, 0) is 9.47 Å². The molecule has 0 aromatic heterocycles. The van der Waals surface area contributed by atoms with E-state index in [-0.39, 0.29) is 6.29 Å². The first-order valence-corrected chi connectivity index (χ1v) is 7.85. The van der Waals surface area contributed by atoms with E-state index in [1.165, 1.54) is 32.1 Å². The van der Waals surface area contributed by atoms with Gasteiger partial charge in [0, 0.05) is 13.2 Å². The van der Waals surface area contributed by atoms with Crippen LogP contribution in [0.5, 0.6) is 0 Å². The number of hydrogen-bond donors (Lipinski definition) is 0. The Morgan fingerprint density at radius 3 is 2.25 bits per heavy atom. The standard InChI is InChI=1S/C18H30O2/c1-4-7-8-9-10-11-12-13-14-15-16-17-18(19-5-2)20-6-3/h4,9-10,18H,1,5-6,11-17H2,2-3H3/b10-9-. The minimum Gasteiger partial charge on any atom is -0.353 e. The van der Waals surface area contributed by atoms with E-state index in [9.17, 15) is 0 Å². The van der Waals surface area contributed by atoms with Gasteiger partial charge in [-0.1, -0.05) is 43.8 Å². The van der Waals surface area contributed by atoms with Crippen LogP contribution in [0.2, 0.25) is 0 Å². The Balaban J connectivity index is 3.38. The predicted octanol–water partition coefficient (Wildman–Crippen LogP) is 4.86. The van der Waals surface area contributed by atoms with E-state index < -0.39 is 0 Å². The molecule has 0 aliphatic carbocycles. The molecule has 0 aromatic carbocycles. The van der Waals surface area contributed by atoms with Gasteiger partial charge < -0.3 is 9.47 Å². The van der Waals surface area contributed by atoms with Gasteiger partial charge in [0.25, 0.3) is 0 Å². The summed E-state index contributed by atoms with van der Waals surface area (Å²) in [6.07, 6.45) is 14.1. The van der Waals surface area contributed by atoms with E-state index in [0.29, 0.717) is 0 Å². The Labute approximate surface area is 125 Å². The normalized spacial score (nSPS) is 10.8. The Morgan fingerprint density at radius 1 is 0.950 bits per heavy atom. The van der Waals surface area contributed by atoms with E-state index in [1.54, 1.807) is 6.08 Å². The van der Waals surface area contributed by atoms with Crippen molar-refractivity contribution in [1.82, 2.24) is 0 Å². The van der Waals surface area contributed by atoms with Crippen molar-refractivity contribution < 1.29 is 9.47 Å². The number of allylic oxidation sites excluding steroid dienone is 3. The SMILES string of the molecule is C=CC#C/C=C\CCCCCCCC(OCC)OCC. The molecule has 0 heterocycles. The molecule has 0 rings (SSSR count). The van der Waals surface area contributed by atoms with Crippen molar-refractivity contribution >= 4 is 0 Å². The summed E-state index contributed by atoms with van der Waals surface area (Å²) in [5.41, 5.74) is 0. The summed E-state index contributed by atoms with van der Waals surface area (Å²) in [4.78, 5) is 0. The zero-order valence-electron chi connectivity index (χ0n) is 13.2. The molecule has 20 heavy (non-hydrogen) atoms. The third kappa shape index (κ3) is 13.4. The molecule has 0 aliphatic heterocycles. The molecule has 0 atom stereocenters. The highest BCUT2D eigenvalue weighted by Gasteiger charge is 2.06. The van der Waals surface area contributed by atoms with Crippen molar-refractivity contribution in [3.8, 4) is 11.8 Å². The Kier molecular flexibility index (Phi) is 15.2. The summed E-state index contributed by atoms with van der Waals surface area (Å²) in [5, 5.41) is 0. The van der Waals surface area contributed by atoms with Crippen LogP contribution < -0.4 is 0 Å². The number of unbranched alkanes of at least 4 members (excludes halogenated alkanes) is 5. The number of rotatable bonds is 12. The average Bonchev–Trinajstić information content (AvgIpc) is 2.45. The summed E-state index contributed by atoms with van der Waals surface area (Å²) in [6, 6.07) is 0. The monoisotopic (exact) mass is 278 g/mol. The van der Waals surface area contributed by atoms with Crippen molar-refractivity contribution in [3.63, 3.8) is 0 Å². The average molecular weight is 278 g/mol. The molecule has 0 radical (unpaired) electrons. The fourth-order valence-electron chi connectivity index (χ4n) is 1.94. The van der Waals surface area contributed by atoms with Gasteiger partial charge in [-0.2, -0.15) is 0 Å². The Hall–Kier alpha value is -1.04. The molecule has 114 valence electrons. The molecule has 0 N–H and O–H groups in total. The van der Waals surface area contributed by atoms with Crippen molar-refractivity contribution in [2.75, 3.05) is 13.2 Å². The van der Waals surface area contributed by atoms with E-state index in [2.05, 4.69) is 24.5 Å². The fourth-order valence-corrected chi connectivity index (χ4v) is 1.94. The number of hydrogen-bond acceptors (Lipinski definition) is 2. The number of ether oxygens (including phenoxy) is 2. The van der Waals surface area contributed by atoms with Gasteiger partial charge in [-0.3, -0.25) is 0 Å². The van der Waals surface area contributed by atoms with Gasteiger partial charge in [-0.15, -0.1) is 0 Å². The van der Waals surface area contributed by atoms with Crippen molar-refractivity contribution in [2.45, 2.75) is 65.1 Å². The summed E-state index contributed by atoms with van der Waals surface area (Å²) in [5.74, 6) is 5.71. The highest BCUT2D eigenvalue weighted by atomic mass is 16.7. The molecule has 0 saturated heterocycles. The quantitative estimate of drug-likeness (QED) is 0.288. The third-order valence-corrected chi connectivity index (χ3v) is 2.90. The Bertz CT molecular complexity index is 290. The smallest absolute Gasteiger partial charge is 0.157 e. The fraction of sp³-hybridized carbons (Fsp3) is 0.667. The van der Waals surface area contributed by atoms with Crippen molar-refractivity contribution in [1.29, 1.82) is 0 Å². The van der Waals surface area contributed by atoms with E-state index in [1.807, 2.05) is 19.9 Å². The van der Waals surface area contributed by atoms with Gasteiger partial charge in [0.05, 0.1) is 0 Å². The lowest BCUT2D eigenvalue weighted by Crippen LogP contribution is -2.17. The summed E-state index contributed by atoms with van der Waals surface area (Å²) >= 11 is 0. The van der Waals surface area contributed by atoms with Crippen molar-refractivity contribution in [3.05, 3.63) is 24.8 Å². The van der Waals surface area contributed by atoms with Crippen LogP contribution in [0.3, 0.4) is 0 Å². The van der Waals surface area contributed by atoms with Gasteiger partial charge in [0.2, 0.25) is 0 Å². The predicted molar refractivity (Wildman–Crippen MR) is 86.5 cm³/mol. The lowest BCUT2D eigenvalue weighted by atomic mass is 10.1. The molecule has 0 spiro atoms. The van der Waals surface area contributed by atoms with Crippen LogP contribution in [-0.4, -0.2) is 19.5 Å². The topological polar surface area (TPSA) is 18.5 Å².